The fourth-order valence-corrected chi connectivity index (χ4v) is 3.42. The maximum atomic E-state index is 14.1. The van der Waals surface area contributed by atoms with Crippen molar-refractivity contribution in [2.45, 2.75) is 31.1 Å². The van der Waals surface area contributed by atoms with Crippen LogP contribution in [0.3, 0.4) is 0 Å². The Labute approximate surface area is 144 Å². The molecule has 136 valence electrons. The summed E-state index contributed by atoms with van der Waals surface area (Å²) in [7, 11) is 0. The van der Waals surface area contributed by atoms with Crippen molar-refractivity contribution in [1.29, 1.82) is 0 Å². The third-order valence-corrected chi connectivity index (χ3v) is 4.67. The van der Waals surface area contributed by atoms with Crippen LogP contribution in [0.2, 0.25) is 0 Å². The Bertz CT molecular complexity index is 995. The maximum Gasteiger partial charge on any atom is 0.433 e. The fraction of sp³-hybridized carbons (Fsp3) is 0.294. The molecule has 1 aliphatic rings. The summed E-state index contributed by atoms with van der Waals surface area (Å²) in [5.74, 6) is -1.20. The Hall–Kier alpha value is -2.55. The van der Waals surface area contributed by atoms with Crippen LogP contribution in [0.15, 0.2) is 30.5 Å². The molecule has 1 aromatic carbocycles. The minimum absolute atomic E-state index is 0.143. The zero-order valence-electron chi connectivity index (χ0n) is 13.3. The van der Waals surface area contributed by atoms with E-state index in [2.05, 4.69) is 9.97 Å². The smallest absolute Gasteiger partial charge is 0.326 e. The van der Waals surface area contributed by atoms with E-state index >= 15 is 0 Å². The van der Waals surface area contributed by atoms with Crippen LogP contribution in [-0.2, 0) is 19.1 Å². The van der Waals surface area contributed by atoms with Crippen LogP contribution in [0, 0.1) is 11.6 Å². The molecule has 2 atom stereocenters. The van der Waals surface area contributed by atoms with E-state index in [1.54, 1.807) is 4.57 Å². The van der Waals surface area contributed by atoms with Gasteiger partial charge in [-0.3, -0.25) is 0 Å². The molecule has 2 aromatic heterocycles. The number of fused-ring (bicyclic) bond motifs is 3. The molecular formula is C17H13F5N4. The zero-order chi connectivity index (χ0) is 18.6. The summed E-state index contributed by atoms with van der Waals surface area (Å²) >= 11 is 0. The Kier molecular flexibility index (Phi) is 3.72. The van der Waals surface area contributed by atoms with Gasteiger partial charge in [0.15, 0.2) is 0 Å². The van der Waals surface area contributed by atoms with E-state index in [0.29, 0.717) is 11.3 Å². The van der Waals surface area contributed by atoms with Gasteiger partial charge in [-0.05, 0) is 29.8 Å². The lowest BCUT2D eigenvalue weighted by atomic mass is 9.86. The summed E-state index contributed by atoms with van der Waals surface area (Å²) in [6.45, 7) is 0.147. The number of imidazole rings is 1. The fourth-order valence-electron chi connectivity index (χ4n) is 3.42. The summed E-state index contributed by atoms with van der Waals surface area (Å²) < 4.78 is 67.9. The molecule has 0 saturated heterocycles. The molecule has 0 fully saturated rings. The molecule has 2 N–H and O–H groups in total. The number of nitrogens with zero attached hydrogens (tertiary/aromatic N) is 3. The van der Waals surface area contributed by atoms with Crippen LogP contribution >= 0.6 is 0 Å². The number of nitrogens with two attached hydrogens (primary N) is 1. The van der Waals surface area contributed by atoms with E-state index in [4.69, 9.17) is 5.73 Å². The van der Waals surface area contributed by atoms with E-state index in [1.165, 1.54) is 0 Å². The van der Waals surface area contributed by atoms with Crippen molar-refractivity contribution >= 4 is 11.0 Å². The third-order valence-electron chi connectivity index (χ3n) is 4.67. The van der Waals surface area contributed by atoms with Crippen LogP contribution in [0.5, 0.6) is 0 Å². The van der Waals surface area contributed by atoms with Crippen molar-refractivity contribution < 1.29 is 22.0 Å². The monoisotopic (exact) mass is 368 g/mol. The molecule has 3 heterocycles. The number of alkyl halides is 3. The normalized spacial score (nSPS) is 20.4. The molecule has 26 heavy (non-hydrogen) atoms. The van der Waals surface area contributed by atoms with E-state index in [9.17, 15) is 22.0 Å². The minimum Gasteiger partial charge on any atom is -0.326 e. The molecule has 0 unspecified atom stereocenters. The van der Waals surface area contributed by atoms with Gasteiger partial charge < -0.3 is 10.3 Å². The number of pyridine rings is 1. The van der Waals surface area contributed by atoms with E-state index in [1.807, 2.05) is 0 Å². The highest BCUT2D eigenvalue weighted by atomic mass is 19.4. The molecule has 4 rings (SSSR count). The molecule has 0 amide bonds. The first kappa shape index (κ1) is 16.9. The van der Waals surface area contributed by atoms with E-state index in [0.717, 1.165) is 30.5 Å². The highest BCUT2D eigenvalue weighted by Crippen LogP contribution is 2.34. The van der Waals surface area contributed by atoms with Gasteiger partial charge in [-0.2, -0.15) is 13.2 Å². The average molecular weight is 368 g/mol. The van der Waals surface area contributed by atoms with Crippen LogP contribution in [-0.4, -0.2) is 20.6 Å². The summed E-state index contributed by atoms with van der Waals surface area (Å²) in [6.07, 6.45) is -3.31. The number of halogens is 5. The molecule has 0 saturated carbocycles. The lowest BCUT2D eigenvalue weighted by molar-refractivity contribution is -0.141. The minimum atomic E-state index is -4.57. The predicted molar refractivity (Wildman–Crippen MR) is 83.3 cm³/mol. The second-order valence-corrected chi connectivity index (χ2v) is 6.33. The molecule has 9 heteroatoms. The van der Waals surface area contributed by atoms with E-state index in [-0.39, 0.29) is 24.0 Å². The van der Waals surface area contributed by atoms with Gasteiger partial charge in [0, 0.05) is 24.9 Å². The third kappa shape index (κ3) is 2.72. The average Bonchev–Trinajstić information content (AvgIpc) is 2.92. The molecule has 1 aliphatic heterocycles. The molecule has 4 nitrogen and oxygen atoms in total. The van der Waals surface area contributed by atoms with Gasteiger partial charge in [0.05, 0.1) is 11.7 Å². The predicted octanol–water partition coefficient (Wildman–Crippen LogP) is 3.40. The van der Waals surface area contributed by atoms with Gasteiger partial charge in [0.25, 0.3) is 0 Å². The van der Waals surface area contributed by atoms with Gasteiger partial charge in [0.2, 0.25) is 0 Å². The standard InChI is InChI=1S/C17H13F5N4/c18-8-1-2-11(19)9(3-8)10-4-16-25-13-6-24-15(17(20,21)22)5-14(13)26(16)7-12(10)23/h1-3,5-6,10,12H,4,7,23H2/t10-,12+/m1/s1. The van der Waals surface area contributed by atoms with Gasteiger partial charge in [-0.25, -0.2) is 18.7 Å². The lowest BCUT2D eigenvalue weighted by Gasteiger charge is -2.30. The zero-order valence-corrected chi connectivity index (χ0v) is 13.3. The van der Waals surface area contributed by atoms with Crippen LogP contribution < -0.4 is 5.73 Å². The highest BCUT2D eigenvalue weighted by Gasteiger charge is 2.35. The van der Waals surface area contributed by atoms with Crippen molar-refractivity contribution in [1.82, 2.24) is 14.5 Å². The molecule has 0 aliphatic carbocycles. The number of hydrogen-bond donors (Lipinski definition) is 1. The van der Waals surface area contributed by atoms with Crippen LogP contribution in [0.1, 0.15) is 23.0 Å². The van der Waals surface area contributed by atoms with Crippen molar-refractivity contribution in [3.63, 3.8) is 0 Å². The SMILES string of the molecule is N[C@H]1Cn2c(nc3cnc(C(F)(F)F)cc32)C[C@@H]1c1cc(F)ccc1F. The maximum absolute atomic E-state index is 14.1. The first-order valence-corrected chi connectivity index (χ1v) is 7.87. The van der Waals surface area contributed by atoms with Crippen molar-refractivity contribution in [2.24, 2.45) is 5.73 Å². The van der Waals surface area contributed by atoms with Crippen LogP contribution in [0.4, 0.5) is 22.0 Å². The number of aromatic nitrogens is 3. The Morgan fingerprint density at radius 1 is 1.15 bits per heavy atom. The Morgan fingerprint density at radius 2 is 1.92 bits per heavy atom. The summed E-state index contributed by atoms with van der Waals surface area (Å²) in [4.78, 5) is 7.70. The topological polar surface area (TPSA) is 56.7 Å². The summed E-state index contributed by atoms with van der Waals surface area (Å²) in [5.41, 5.74) is 5.85. The van der Waals surface area contributed by atoms with Crippen molar-refractivity contribution in [2.75, 3.05) is 0 Å². The van der Waals surface area contributed by atoms with Crippen molar-refractivity contribution in [3.05, 3.63) is 59.2 Å². The van der Waals surface area contributed by atoms with Crippen LogP contribution in [0.25, 0.3) is 11.0 Å². The summed E-state index contributed by atoms with van der Waals surface area (Å²) in [5, 5.41) is 0. The van der Waals surface area contributed by atoms with Gasteiger partial charge in [0.1, 0.15) is 28.7 Å². The highest BCUT2D eigenvalue weighted by molar-refractivity contribution is 5.76. The number of rotatable bonds is 1. The van der Waals surface area contributed by atoms with E-state index < -0.39 is 35.5 Å². The molecule has 0 radical (unpaired) electrons. The largest absolute Gasteiger partial charge is 0.433 e. The lowest BCUT2D eigenvalue weighted by Crippen LogP contribution is -2.39. The van der Waals surface area contributed by atoms with Crippen molar-refractivity contribution in [3.8, 4) is 0 Å². The molecular weight excluding hydrogens is 355 g/mol. The summed E-state index contributed by atoms with van der Waals surface area (Å²) in [6, 6.07) is 3.49. The second-order valence-electron chi connectivity index (χ2n) is 6.33. The molecule has 0 spiro atoms. The number of benzene rings is 1. The first-order valence-electron chi connectivity index (χ1n) is 7.87. The molecule has 0 bridgehead atoms. The first-order chi connectivity index (χ1) is 12.2. The van der Waals surface area contributed by atoms with Gasteiger partial charge in [-0.15, -0.1) is 0 Å². The molecule has 3 aromatic rings. The van der Waals surface area contributed by atoms with Gasteiger partial charge in [-0.1, -0.05) is 0 Å². The van der Waals surface area contributed by atoms with Gasteiger partial charge >= 0.3 is 6.18 Å². The Balaban J connectivity index is 1.78. The second kappa shape index (κ2) is 5.73. The quantitative estimate of drug-likeness (QED) is 0.670. The number of hydrogen-bond acceptors (Lipinski definition) is 3. The Morgan fingerprint density at radius 3 is 2.65 bits per heavy atom.